The Bertz CT molecular complexity index is 1280. The highest BCUT2D eigenvalue weighted by molar-refractivity contribution is 7.99. The number of carbonyl (C=O) groups is 2. The van der Waals surface area contributed by atoms with E-state index in [0.717, 1.165) is 11.8 Å². The minimum atomic E-state index is -0.663. The zero-order valence-electron chi connectivity index (χ0n) is 17.0. The molecule has 2 heterocycles. The summed E-state index contributed by atoms with van der Waals surface area (Å²) in [5, 5.41) is 13.7. The van der Waals surface area contributed by atoms with Gasteiger partial charge < -0.3 is 9.73 Å². The van der Waals surface area contributed by atoms with Gasteiger partial charge in [0.05, 0.1) is 29.3 Å². The lowest BCUT2D eigenvalue weighted by Gasteiger charge is -2.12. The molecule has 4 rings (SSSR count). The fraction of sp³-hybridized carbons (Fsp3) is 0.0909. The van der Waals surface area contributed by atoms with Crippen molar-refractivity contribution < 1.29 is 18.4 Å². The number of carbonyl (C=O) groups excluding carboxylic acids is 2. The van der Waals surface area contributed by atoms with Gasteiger partial charge in [-0.1, -0.05) is 47.6 Å². The summed E-state index contributed by atoms with van der Waals surface area (Å²) in [6, 6.07) is 15.9. The highest BCUT2D eigenvalue weighted by atomic mass is 35.5. The second kappa shape index (κ2) is 10.3. The second-order valence-corrected chi connectivity index (χ2v) is 8.02. The number of aromatic nitrogens is 3. The van der Waals surface area contributed by atoms with E-state index in [0.29, 0.717) is 22.2 Å². The molecule has 2 N–H and O–H groups in total. The zero-order chi connectivity index (χ0) is 23.2. The number of nitrogens with zero attached hydrogens (tertiary/aromatic N) is 3. The van der Waals surface area contributed by atoms with E-state index in [1.165, 1.54) is 16.9 Å². The third-order valence-electron chi connectivity index (χ3n) is 4.43. The number of amides is 3. The number of hydrogen-bond donors (Lipinski definition) is 2. The van der Waals surface area contributed by atoms with E-state index in [9.17, 15) is 14.0 Å². The first-order chi connectivity index (χ1) is 16.0. The Morgan fingerprint density at radius 2 is 1.85 bits per heavy atom. The SMILES string of the molecule is O=C(CSc1nnc(-c2ccccc2Cl)n1-c1ccccc1F)NC(=O)NCc1ccco1. The number of para-hydroxylation sites is 1. The average molecular weight is 486 g/mol. The second-order valence-electron chi connectivity index (χ2n) is 6.67. The van der Waals surface area contributed by atoms with Crippen molar-refractivity contribution in [2.45, 2.75) is 11.7 Å². The Labute approximate surface area is 197 Å². The fourth-order valence-corrected chi connectivity index (χ4v) is 3.91. The number of nitrogens with one attached hydrogen (secondary N) is 2. The van der Waals surface area contributed by atoms with E-state index in [1.54, 1.807) is 54.6 Å². The van der Waals surface area contributed by atoms with Gasteiger partial charge >= 0.3 is 6.03 Å². The highest BCUT2D eigenvalue weighted by Crippen LogP contribution is 2.32. The van der Waals surface area contributed by atoms with Gasteiger partial charge in [-0.25, -0.2) is 9.18 Å². The van der Waals surface area contributed by atoms with Crippen LogP contribution in [0, 0.1) is 5.82 Å². The molecule has 0 unspecified atom stereocenters. The smallest absolute Gasteiger partial charge is 0.321 e. The number of furan rings is 1. The molecule has 168 valence electrons. The summed E-state index contributed by atoms with van der Waals surface area (Å²) >= 11 is 7.33. The first-order valence-corrected chi connectivity index (χ1v) is 11.1. The summed E-state index contributed by atoms with van der Waals surface area (Å²) in [5.74, 6) is -0.320. The van der Waals surface area contributed by atoms with Gasteiger partial charge in [-0.15, -0.1) is 10.2 Å². The molecule has 4 aromatic rings. The average Bonchev–Trinajstić information content (AvgIpc) is 3.47. The molecule has 0 aliphatic rings. The first kappa shape index (κ1) is 22.6. The van der Waals surface area contributed by atoms with Crippen LogP contribution in [-0.4, -0.2) is 32.5 Å². The van der Waals surface area contributed by atoms with Crippen LogP contribution in [0.5, 0.6) is 0 Å². The third kappa shape index (κ3) is 5.41. The Hall–Kier alpha value is -3.63. The van der Waals surface area contributed by atoms with Gasteiger partial charge in [0.1, 0.15) is 11.6 Å². The van der Waals surface area contributed by atoms with E-state index in [2.05, 4.69) is 20.8 Å². The molecule has 0 fully saturated rings. The molecule has 3 amide bonds. The summed E-state index contributed by atoms with van der Waals surface area (Å²) in [5.41, 5.74) is 0.764. The Kier molecular flexibility index (Phi) is 7.06. The normalized spacial score (nSPS) is 10.7. The van der Waals surface area contributed by atoms with Crippen molar-refractivity contribution in [1.29, 1.82) is 0 Å². The van der Waals surface area contributed by atoms with Crippen molar-refractivity contribution in [3.05, 3.63) is 83.5 Å². The first-order valence-electron chi connectivity index (χ1n) is 9.71. The van der Waals surface area contributed by atoms with Crippen LogP contribution in [-0.2, 0) is 11.3 Å². The number of hydrogen-bond acceptors (Lipinski definition) is 6. The van der Waals surface area contributed by atoms with Gasteiger partial charge in [-0.05, 0) is 36.4 Å². The fourth-order valence-electron chi connectivity index (χ4n) is 2.95. The molecule has 0 radical (unpaired) electrons. The molecule has 33 heavy (non-hydrogen) atoms. The lowest BCUT2D eigenvalue weighted by Crippen LogP contribution is -2.39. The summed E-state index contributed by atoms with van der Waals surface area (Å²) < 4.78 is 21.3. The molecule has 0 bridgehead atoms. The van der Waals surface area contributed by atoms with Crippen LogP contribution in [0.3, 0.4) is 0 Å². The van der Waals surface area contributed by atoms with E-state index in [1.807, 2.05) is 0 Å². The van der Waals surface area contributed by atoms with Crippen molar-refractivity contribution in [3.8, 4) is 17.1 Å². The molecule has 0 saturated carbocycles. The molecule has 2 aromatic carbocycles. The number of thioether (sulfide) groups is 1. The molecule has 0 aliphatic carbocycles. The van der Waals surface area contributed by atoms with Crippen LogP contribution in [0.4, 0.5) is 9.18 Å². The van der Waals surface area contributed by atoms with Crippen LogP contribution in [0.2, 0.25) is 5.02 Å². The van der Waals surface area contributed by atoms with E-state index in [4.69, 9.17) is 16.0 Å². The number of urea groups is 1. The van der Waals surface area contributed by atoms with Crippen molar-refractivity contribution >= 4 is 35.3 Å². The molecule has 8 nitrogen and oxygen atoms in total. The number of benzene rings is 2. The summed E-state index contributed by atoms with van der Waals surface area (Å²) in [7, 11) is 0. The van der Waals surface area contributed by atoms with Gasteiger partial charge in [0.25, 0.3) is 0 Å². The Morgan fingerprint density at radius 3 is 2.61 bits per heavy atom. The van der Waals surface area contributed by atoms with Crippen LogP contribution in [0.1, 0.15) is 5.76 Å². The Balaban J connectivity index is 1.51. The summed E-state index contributed by atoms with van der Waals surface area (Å²) in [4.78, 5) is 24.2. The number of halogens is 2. The maximum atomic E-state index is 14.6. The lowest BCUT2D eigenvalue weighted by atomic mass is 10.2. The molecule has 11 heteroatoms. The summed E-state index contributed by atoms with van der Waals surface area (Å²) in [6.07, 6.45) is 1.49. The highest BCUT2D eigenvalue weighted by Gasteiger charge is 2.21. The molecule has 2 aromatic heterocycles. The molecule has 0 spiro atoms. The number of imide groups is 1. The summed E-state index contributed by atoms with van der Waals surface area (Å²) in [6.45, 7) is 0.141. The van der Waals surface area contributed by atoms with Crippen molar-refractivity contribution in [3.63, 3.8) is 0 Å². The van der Waals surface area contributed by atoms with Crippen molar-refractivity contribution in [1.82, 2.24) is 25.4 Å². The van der Waals surface area contributed by atoms with Gasteiger partial charge in [0.2, 0.25) is 5.91 Å². The predicted molar refractivity (Wildman–Crippen MR) is 122 cm³/mol. The Morgan fingerprint density at radius 1 is 1.06 bits per heavy atom. The molecule has 0 aliphatic heterocycles. The van der Waals surface area contributed by atoms with Crippen LogP contribution in [0.25, 0.3) is 17.1 Å². The van der Waals surface area contributed by atoms with Gasteiger partial charge in [0.15, 0.2) is 11.0 Å². The van der Waals surface area contributed by atoms with Crippen LogP contribution >= 0.6 is 23.4 Å². The quantitative estimate of drug-likeness (QED) is 0.375. The van der Waals surface area contributed by atoms with Gasteiger partial charge in [-0.2, -0.15) is 0 Å². The maximum absolute atomic E-state index is 14.6. The molecular weight excluding hydrogens is 469 g/mol. The van der Waals surface area contributed by atoms with E-state index >= 15 is 0 Å². The van der Waals surface area contributed by atoms with E-state index < -0.39 is 17.8 Å². The van der Waals surface area contributed by atoms with Crippen molar-refractivity contribution in [2.24, 2.45) is 0 Å². The molecule has 0 atom stereocenters. The topological polar surface area (TPSA) is 102 Å². The van der Waals surface area contributed by atoms with Gasteiger partial charge in [0, 0.05) is 5.56 Å². The van der Waals surface area contributed by atoms with Gasteiger partial charge in [-0.3, -0.25) is 14.7 Å². The standard InChI is InChI=1S/C22H17ClFN5O3S/c23-16-8-2-1-7-15(16)20-27-28-22(29(20)18-10-4-3-9-17(18)24)33-13-19(30)26-21(31)25-12-14-6-5-11-32-14/h1-11H,12-13H2,(H2,25,26,30,31). The lowest BCUT2D eigenvalue weighted by molar-refractivity contribution is -0.117. The van der Waals surface area contributed by atoms with Crippen LogP contribution in [0.15, 0.2) is 76.5 Å². The molecule has 0 saturated heterocycles. The minimum absolute atomic E-state index is 0.141. The maximum Gasteiger partial charge on any atom is 0.321 e. The third-order valence-corrected chi connectivity index (χ3v) is 5.69. The predicted octanol–water partition coefficient (Wildman–Crippen LogP) is 4.44. The minimum Gasteiger partial charge on any atom is -0.467 e. The van der Waals surface area contributed by atoms with Crippen LogP contribution < -0.4 is 10.6 Å². The molecular formula is C22H17ClFN5O3S. The largest absolute Gasteiger partial charge is 0.467 e. The van der Waals surface area contributed by atoms with E-state index in [-0.39, 0.29) is 23.1 Å². The van der Waals surface area contributed by atoms with Crippen molar-refractivity contribution in [2.75, 3.05) is 5.75 Å². The zero-order valence-corrected chi connectivity index (χ0v) is 18.6. The monoisotopic (exact) mass is 485 g/mol. The number of rotatable bonds is 7.